The van der Waals surface area contributed by atoms with Gasteiger partial charge in [0.15, 0.2) is 11.5 Å². The lowest BCUT2D eigenvalue weighted by atomic mass is 9.95. The number of H-pyrrole nitrogens is 2. The van der Waals surface area contributed by atoms with E-state index in [0.29, 0.717) is 43.7 Å². The lowest BCUT2D eigenvalue weighted by Crippen LogP contribution is -2.52. The van der Waals surface area contributed by atoms with Crippen molar-refractivity contribution in [2.45, 2.75) is 45.3 Å². The van der Waals surface area contributed by atoms with Crippen LogP contribution in [0.4, 0.5) is 13.2 Å². The molecule has 0 aliphatic carbocycles. The van der Waals surface area contributed by atoms with Gasteiger partial charge in [0, 0.05) is 68.7 Å². The molecule has 264 valence electrons. The highest BCUT2D eigenvalue weighted by molar-refractivity contribution is 5.96. The van der Waals surface area contributed by atoms with Crippen LogP contribution in [0.25, 0.3) is 11.3 Å². The number of aromatic amines is 2. The summed E-state index contributed by atoms with van der Waals surface area (Å²) in [6.07, 6.45) is 2.00. The highest BCUT2D eigenvalue weighted by Gasteiger charge is 2.39. The maximum atomic E-state index is 13.9. The minimum atomic E-state index is -4.74. The Morgan fingerprint density at radius 3 is 2.40 bits per heavy atom. The molecule has 4 aromatic rings. The van der Waals surface area contributed by atoms with Crippen LogP contribution in [-0.4, -0.2) is 104 Å². The van der Waals surface area contributed by atoms with Gasteiger partial charge in [-0.25, -0.2) is 4.98 Å². The Labute approximate surface area is 287 Å². The number of piperazine rings is 1. The Morgan fingerprint density at radius 1 is 0.980 bits per heavy atom. The summed E-state index contributed by atoms with van der Waals surface area (Å²) in [5.74, 6) is -0.606. The zero-order chi connectivity index (χ0) is 35.4. The number of benzene rings is 1. The number of hydrogen-bond donors (Lipinski definition) is 3. The number of rotatable bonds is 9. The molecule has 0 unspecified atom stereocenters. The van der Waals surface area contributed by atoms with Gasteiger partial charge in [-0.05, 0) is 68.2 Å². The van der Waals surface area contributed by atoms with Gasteiger partial charge in [0.1, 0.15) is 0 Å². The number of pyridine rings is 1. The molecule has 0 radical (unpaired) electrons. The van der Waals surface area contributed by atoms with Gasteiger partial charge in [-0.15, -0.1) is 0 Å². The summed E-state index contributed by atoms with van der Waals surface area (Å²) in [7, 11) is 2.07. The molecular weight excluding hydrogens is 651 g/mol. The average molecular weight is 692 g/mol. The summed E-state index contributed by atoms with van der Waals surface area (Å²) in [5, 5.41) is 8.77. The number of alkyl halides is 3. The third-order valence-corrected chi connectivity index (χ3v) is 9.45. The Balaban J connectivity index is 1.08. The number of nitrogens with zero attached hydrogens (tertiary/aromatic N) is 6. The van der Waals surface area contributed by atoms with E-state index < -0.39 is 17.8 Å². The molecule has 15 heteroatoms. The maximum absolute atomic E-state index is 13.9. The Morgan fingerprint density at radius 2 is 1.72 bits per heavy atom. The first-order chi connectivity index (χ1) is 24.0. The predicted octanol–water partition coefficient (Wildman–Crippen LogP) is 3.92. The second-order valence-electron chi connectivity index (χ2n) is 12.8. The number of carbonyl (C=O) groups is 3. The van der Waals surface area contributed by atoms with Gasteiger partial charge >= 0.3 is 6.18 Å². The molecule has 2 aliphatic rings. The molecule has 0 saturated carbocycles. The molecule has 3 aromatic heterocycles. The number of likely N-dealkylation sites (tertiary alicyclic amines) is 1. The minimum absolute atomic E-state index is 0.00160. The number of halogens is 3. The first-order valence-electron chi connectivity index (χ1n) is 16.8. The maximum Gasteiger partial charge on any atom is 0.435 e. The fourth-order valence-corrected chi connectivity index (χ4v) is 6.61. The summed E-state index contributed by atoms with van der Waals surface area (Å²) in [6.45, 7) is 5.87. The number of imidazole rings is 1. The molecule has 0 spiro atoms. The van der Waals surface area contributed by atoms with Gasteiger partial charge in [-0.2, -0.15) is 18.3 Å². The van der Waals surface area contributed by atoms with Crippen LogP contribution in [0.1, 0.15) is 68.8 Å². The molecule has 3 amide bonds. The van der Waals surface area contributed by atoms with Crippen molar-refractivity contribution in [3.8, 4) is 11.3 Å². The monoisotopic (exact) mass is 691 g/mol. The summed E-state index contributed by atoms with van der Waals surface area (Å²) in [5.41, 5.74) is 1.70. The first kappa shape index (κ1) is 34.8. The molecule has 5 heterocycles. The van der Waals surface area contributed by atoms with Crippen molar-refractivity contribution in [3.05, 3.63) is 88.4 Å². The fraction of sp³-hybridized carbons (Fsp3) is 0.429. The van der Waals surface area contributed by atoms with Gasteiger partial charge in [0.25, 0.3) is 11.8 Å². The number of aryl methyl sites for hydroxylation is 1. The van der Waals surface area contributed by atoms with E-state index in [4.69, 9.17) is 0 Å². The SMILES string of the molecule is CCc1cc(CNC(=O)c2ncc(-c3c(C(F)(F)F)n[nH]c3Cc3cccnc3)[nH]2)ccc1C(=O)N1CCN(C(=O)C2CCN(C)CC2)CC1. The molecule has 2 aliphatic heterocycles. The van der Waals surface area contributed by atoms with Gasteiger partial charge in [0.2, 0.25) is 5.91 Å². The Kier molecular flexibility index (Phi) is 10.3. The Hall–Kier alpha value is -5.05. The van der Waals surface area contributed by atoms with Crippen molar-refractivity contribution in [1.82, 2.24) is 45.2 Å². The molecule has 12 nitrogen and oxygen atoms in total. The average Bonchev–Trinajstić information content (AvgIpc) is 3.78. The van der Waals surface area contributed by atoms with E-state index in [1.165, 1.54) is 6.20 Å². The van der Waals surface area contributed by atoms with Crippen molar-refractivity contribution >= 4 is 17.7 Å². The van der Waals surface area contributed by atoms with Gasteiger partial charge in [-0.1, -0.05) is 25.1 Å². The van der Waals surface area contributed by atoms with Crippen LogP contribution >= 0.6 is 0 Å². The normalized spacial score (nSPS) is 16.1. The molecule has 1 aromatic carbocycles. The smallest absolute Gasteiger partial charge is 0.345 e. The van der Waals surface area contributed by atoms with Crippen molar-refractivity contribution < 1.29 is 27.6 Å². The van der Waals surface area contributed by atoms with E-state index in [9.17, 15) is 27.6 Å². The number of nitrogens with one attached hydrogen (secondary N) is 3. The second-order valence-corrected chi connectivity index (χ2v) is 12.8. The quantitative estimate of drug-likeness (QED) is 0.242. The van der Waals surface area contributed by atoms with Crippen LogP contribution in [0.5, 0.6) is 0 Å². The number of hydrogen-bond acceptors (Lipinski definition) is 7. The molecule has 0 bridgehead atoms. The number of carbonyl (C=O) groups excluding carboxylic acids is 3. The van der Waals surface area contributed by atoms with Crippen molar-refractivity contribution in [1.29, 1.82) is 0 Å². The lowest BCUT2D eigenvalue weighted by molar-refractivity contribution is -0.140. The van der Waals surface area contributed by atoms with E-state index in [2.05, 4.69) is 42.4 Å². The zero-order valence-corrected chi connectivity index (χ0v) is 28.0. The van der Waals surface area contributed by atoms with Crippen LogP contribution in [0.3, 0.4) is 0 Å². The van der Waals surface area contributed by atoms with Gasteiger partial charge in [0.05, 0.1) is 17.5 Å². The summed E-state index contributed by atoms with van der Waals surface area (Å²) in [6, 6.07) is 8.82. The van der Waals surface area contributed by atoms with E-state index >= 15 is 0 Å². The zero-order valence-electron chi connectivity index (χ0n) is 28.0. The first-order valence-corrected chi connectivity index (χ1v) is 16.8. The second kappa shape index (κ2) is 14.8. The van der Waals surface area contributed by atoms with E-state index in [0.717, 1.165) is 37.1 Å². The molecule has 50 heavy (non-hydrogen) atoms. The topological polar surface area (TPSA) is 143 Å². The summed E-state index contributed by atoms with van der Waals surface area (Å²) < 4.78 is 41.6. The molecule has 2 saturated heterocycles. The van der Waals surface area contributed by atoms with E-state index in [1.54, 1.807) is 41.6 Å². The molecular formula is C35H40F3N9O3. The largest absolute Gasteiger partial charge is 0.435 e. The molecule has 3 N–H and O–H groups in total. The lowest BCUT2D eigenvalue weighted by Gasteiger charge is -2.38. The Bertz CT molecular complexity index is 1820. The third kappa shape index (κ3) is 7.72. The third-order valence-electron chi connectivity index (χ3n) is 9.45. The highest BCUT2D eigenvalue weighted by atomic mass is 19.4. The van der Waals surface area contributed by atoms with E-state index in [1.807, 2.05) is 17.9 Å². The van der Waals surface area contributed by atoms with Crippen molar-refractivity contribution in [2.24, 2.45) is 5.92 Å². The van der Waals surface area contributed by atoms with Crippen LogP contribution in [-0.2, 0) is 30.4 Å². The van der Waals surface area contributed by atoms with Crippen LogP contribution in [0.2, 0.25) is 0 Å². The van der Waals surface area contributed by atoms with Gasteiger partial charge < -0.3 is 25.0 Å². The van der Waals surface area contributed by atoms with E-state index in [-0.39, 0.29) is 53.5 Å². The molecule has 6 rings (SSSR count). The van der Waals surface area contributed by atoms with Crippen molar-refractivity contribution in [3.63, 3.8) is 0 Å². The highest BCUT2D eigenvalue weighted by Crippen LogP contribution is 2.37. The van der Waals surface area contributed by atoms with Gasteiger partial charge in [-0.3, -0.25) is 24.5 Å². The molecule has 0 atom stereocenters. The number of aromatic nitrogens is 5. The minimum Gasteiger partial charge on any atom is -0.345 e. The van der Waals surface area contributed by atoms with Crippen LogP contribution in [0.15, 0.2) is 48.9 Å². The summed E-state index contributed by atoms with van der Waals surface area (Å²) in [4.78, 5) is 56.3. The predicted molar refractivity (Wildman–Crippen MR) is 178 cm³/mol. The molecule has 2 fully saturated rings. The van der Waals surface area contributed by atoms with Crippen molar-refractivity contribution in [2.75, 3.05) is 46.3 Å². The van der Waals surface area contributed by atoms with Crippen LogP contribution in [0, 0.1) is 5.92 Å². The number of amides is 3. The fourth-order valence-electron chi connectivity index (χ4n) is 6.61. The van der Waals surface area contributed by atoms with Crippen LogP contribution < -0.4 is 5.32 Å². The standard InChI is InChI=1S/C35H40F3N9O3/c1-3-24-17-23(6-7-26(24)34(50)47-15-13-46(14-16-47)33(49)25-8-11-45(2)12-9-25)20-41-32(48)31-40-21-28(42-31)29-27(18-22-5-4-10-39-19-22)43-44-30(29)35(36,37)38/h4-7,10,17,19,21,25H,3,8-9,11-16,18,20H2,1-2H3,(H,40,42)(H,41,48)(H,43,44). The number of piperidine rings is 1. The summed E-state index contributed by atoms with van der Waals surface area (Å²) >= 11 is 0.